The van der Waals surface area contributed by atoms with Gasteiger partial charge in [-0.2, -0.15) is 0 Å². The van der Waals surface area contributed by atoms with E-state index in [1.54, 1.807) is 11.1 Å². The molecule has 1 heterocycles. The van der Waals surface area contributed by atoms with Gasteiger partial charge in [0.2, 0.25) is 0 Å². The summed E-state index contributed by atoms with van der Waals surface area (Å²) in [6.07, 6.45) is 15.2. The van der Waals surface area contributed by atoms with Gasteiger partial charge in [0.1, 0.15) is 0 Å². The van der Waals surface area contributed by atoms with Crippen LogP contribution in [0.15, 0.2) is 47.6 Å². The van der Waals surface area contributed by atoms with Crippen molar-refractivity contribution in [3.63, 3.8) is 0 Å². The molecule has 3 aliphatic carbocycles. The number of allylic oxidation sites excluding steroid dienone is 6. The Balaban J connectivity index is 1.82. The SMILES string of the molecule is CC1NC2CC2C2=C1C1C=CC=CC1C=C2. The second-order valence-corrected chi connectivity index (χ2v) is 5.48. The van der Waals surface area contributed by atoms with Crippen LogP contribution in [-0.4, -0.2) is 12.1 Å². The molecule has 1 aliphatic heterocycles. The van der Waals surface area contributed by atoms with Gasteiger partial charge in [0, 0.05) is 29.8 Å². The maximum Gasteiger partial charge on any atom is 0.0266 e. The molecular formula is C15H17N. The molecule has 1 fully saturated rings. The van der Waals surface area contributed by atoms with E-state index in [0.717, 1.165) is 12.0 Å². The fraction of sp³-hybridized carbons (Fsp3) is 0.467. The lowest BCUT2D eigenvalue weighted by Crippen LogP contribution is -2.40. The molecule has 4 aliphatic rings. The fourth-order valence-corrected chi connectivity index (χ4v) is 3.63. The smallest absolute Gasteiger partial charge is 0.0266 e. The van der Waals surface area contributed by atoms with Gasteiger partial charge in [-0.3, -0.25) is 0 Å². The van der Waals surface area contributed by atoms with E-state index in [1.807, 2.05) is 0 Å². The molecule has 5 atom stereocenters. The summed E-state index contributed by atoms with van der Waals surface area (Å²) in [4.78, 5) is 0. The molecule has 16 heavy (non-hydrogen) atoms. The average molecular weight is 211 g/mol. The molecule has 0 aromatic heterocycles. The fourth-order valence-electron chi connectivity index (χ4n) is 3.63. The number of hydrogen-bond donors (Lipinski definition) is 1. The summed E-state index contributed by atoms with van der Waals surface area (Å²) in [6, 6.07) is 1.34. The van der Waals surface area contributed by atoms with Crippen LogP contribution in [0, 0.1) is 17.8 Å². The highest BCUT2D eigenvalue weighted by atomic mass is 15.0. The Labute approximate surface area is 96.6 Å². The van der Waals surface area contributed by atoms with Crippen molar-refractivity contribution in [2.75, 3.05) is 0 Å². The van der Waals surface area contributed by atoms with E-state index >= 15 is 0 Å². The van der Waals surface area contributed by atoms with E-state index in [4.69, 9.17) is 0 Å². The maximum absolute atomic E-state index is 3.74. The monoisotopic (exact) mass is 211 g/mol. The van der Waals surface area contributed by atoms with Crippen molar-refractivity contribution in [2.45, 2.75) is 25.4 Å². The first-order valence-corrected chi connectivity index (χ1v) is 6.38. The van der Waals surface area contributed by atoms with Crippen molar-refractivity contribution < 1.29 is 0 Å². The summed E-state index contributed by atoms with van der Waals surface area (Å²) in [5.74, 6) is 2.04. The first-order chi connectivity index (χ1) is 7.84. The van der Waals surface area contributed by atoms with Gasteiger partial charge in [0.05, 0.1) is 0 Å². The van der Waals surface area contributed by atoms with Crippen LogP contribution >= 0.6 is 0 Å². The van der Waals surface area contributed by atoms with E-state index in [2.05, 4.69) is 48.7 Å². The van der Waals surface area contributed by atoms with E-state index in [9.17, 15) is 0 Å². The zero-order valence-electron chi connectivity index (χ0n) is 9.56. The highest BCUT2D eigenvalue weighted by molar-refractivity contribution is 5.47. The van der Waals surface area contributed by atoms with Gasteiger partial charge in [-0.1, -0.05) is 36.5 Å². The predicted octanol–water partition coefficient (Wildman–Crippen LogP) is 2.59. The third-order valence-corrected chi connectivity index (χ3v) is 4.49. The second kappa shape index (κ2) is 2.98. The molecule has 1 saturated carbocycles. The number of rotatable bonds is 0. The molecule has 0 saturated heterocycles. The number of fused-ring (bicyclic) bond motifs is 4. The summed E-state index contributed by atoms with van der Waals surface area (Å²) >= 11 is 0. The summed E-state index contributed by atoms with van der Waals surface area (Å²) in [7, 11) is 0. The molecular weight excluding hydrogens is 194 g/mol. The van der Waals surface area contributed by atoms with Crippen molar-refractivity contribution >= 4 is 0 Å². The minimum atomic E-state index is 0.562. The van der Waals surface area contributed by atoms with Crippen molar-refractivity contribution in [1.82, 2.24) is 5.32 Å². The van der Waals surface area contributed by atoms with Crippen LogP contribution in [0.4, 0.5) is 0 Å². The van der Waals surface area contributed by atoms with Crippen LogP contribution < -0.4 is 5.32 Å². The zero-order chi connectivity index (χ0) is 10.7. The van der Waals surface area contributed by atoms with Crippen molar-refractivity contribution in [3.8, 4) is 0 Å². The molecule has 1 nitrogen and oxygen atoms in total. The molecule has 0 aromatic carbocycles. The molecule has 0 radical (unpaired) electrons. The van der Waals surface area contributed by atoms with Crippen LogP contribution in [-0.2, 0) is 0 Å². The lowest BCUT2D eigenvalue weighted by Gasteiger charge is -2.36. The van der Waals surface area contributed by atoms with Crippen molar-refractivity contribution in [2.24, 2.45) is 17.8 Å². The Hall–Kier alpha value is -1.08. The third-order valence-electron chi connectivity index (χ3n) is 4.49. The zero-order valence-corrected chi connectivity index (χ0v) is 9.56. The normalized spacial score (nSPS) is 47.4. The summed E-state index contributed by atoms with van der Waals surface area (Å²) in [6.45, 7) is 2.33. The Morgan fingerprint density at radius 1 is 1.19 bits per heavy atom. The molecule has 1 heteroatoms. The molecule has 0 spiro atoms. The van der Waals surface area contributed by atoms with Gasteiger partial charge in [0.15, 0.2) is 0 Å². The number of nitrogens with one attached hydrogen (secondary N) is 1. The van der Waals surface area contributed by atoms with Crippen LogP contribution in [0.5, 0.6) is 0 Å². The maximum atomic E-state index is 3.74. The standard InChI is InChI=1S/C15H17N/c1-9-15-11-5-3-2-4-10(11)6-7-12(15)13-8-14(13)16-9/h2-7,9-11,13-14,16H,8H2,1H3. The third kappa shape index (κ3) is 1.10. The molecule has 0 aromatic rings. The quantitative estimate of drug-likeness (QED) is 0.649. The molecule has 1 N–H and O–H groups in total. The van der Waals surface area contributed by atoms with Crippen LogP contribution in [0.2, 0.25) is 0 Å². The van der Waals surface area contributed by atoms with Crippen LogP contribution in [0.1, 0.15) is 13.3 Å². The van der Waals surface area contributed by atoms with Crippen LogP contribution in [0.3, 0.4) is 0 Å². The Kier molecular flexibility index (Phi) is 1.68. The minimum absolute atomic E-state index is 0.562. The average Bonchev–Trinajstić information content (AvgIpc) is 3.07. The van der Waals surface area contributed by atoms with Gasteiger partial charge in [-0.15, -0.1) is 0 Å². The highest BCUT2D eigenvalue weighted by Gasteiger charge is 2.47. The Morgan fingerprint density at radius 3 is 3.00 bits per heavy atom. The summed E-state index contributed by atoms with van der Waals surface area (Å²) in [5, 5.41) is 3.74. The van der Waals surface area contributed by atoms with Gasteiger partial charge in [-0.25, -0.2) is 0 Å². The molecule has 0 amide bonds. The Morgan fingerprint density at radius 2 is 2.06 bits per heavy atom. The van der Waals surface area contributed by atoms with Gasteiger partial charge in [0.25, 0.3) is 0 Å². The van der Waals surface area contributed by atoms with Crippen molar-refractivity contribution in [3.05, 3.63) is 47.6 Å². The summed E-state index contributed by atoms with van der Waals surface area (Å²) < 4.78 is 0. The minimum Gasteiger partial charge on any atom is -0.307 e. The van der Waals surface area contributed by atoms with E-state index < -0.39 is 0 Å². The second-order valence-electron chi connectivity index (χ2n) is 5.48. The lowest BCUT2D eigenvalue weighted by atomic mass is 9.73. The highest BCUT2D eigenvalue weighted by Crippen LogP contribution is 2.49. The topological polar surface area (TPSA) is 12.0 Å². The van der Waals surface area contributed by atoms with E-state index in [0.29, 0.717) is 17.9 Å². The lowest BCUT2D eigenvalue weighted by molar-refractivity contribution is 0.476. The number of hydrogen-bond acceptors (Lipinski definition) is 1. The molecule has 0 bridgehead atoms. The van der Waals surface area contributed by atoms with Gasteiger partial charge >= 0.3 is 0 Å². The first-order valence-electron chi connectivity index (χ1n) is 6.38. The molecule has 4 rings (SSSR count). The first kappa shape index (κ1) is 9.00. The predicted molar refractivity (Wildman–Crippen MR) is 65.9 cm³/mol. The van der Waals surface area contributed by atoms with Crippen LogP contribution in [0.25, 0.3) is 0 Å². The van der Waals surface area contributed by atoms with E-state index in [1.165, 1.54) is 6.42 Å². The molecule has 82 valence electrons. The van der Waals surface area contributed by atoms with Crippen molar-refractivity contribution in [1.29, 1.82) is 0 Å². The largest absolute Gasteiger partial charge is 0.307 e. The van der Waals surface area contributed by atoms with Gasteiger partial charge < -0.3 is 5.32 Å². The Bertz CT molecular complexity index is 452. The molecule has 5 unspecified atom stereocenters. The van der Waals surface area contributed by atoms with Gasteiger partial charge in [-0.05, 0) is 24.5 Å². The van der Waals surface area contributed by atoms with E-state index in [-0.39, 0.29) is 0 Å². The summed E-state index contributed by atoms with van der Waals surface area (Å²) in [5.41, 5.74) is 3.31.